The van der Waals surface area contributed by atoms with E-state index in [-0.39, 0.29) is 5.25 Å². The molecule has 1 saturated carbocycles. The Kier molecular flexibility index (Phi) is 4.30. The molecule has 0 aromatic carbocycles. The van der Waals surface area contributed by atoms with E-state index in [1.165, 1.54) is 25.0 Å². The van der Waals surface area contributed by atoms with E-state index in [4.69, 9.17) is 0 Å². The van der Waals surface area contributed by atoms with Crippen LogP contribution in [-0.4, -0.2) is 39.2 Å². The molecule has 0 amide bonds. The van der Waals surface area contributed by atoms with Crippen molar-refractivity contribution in [3.05, 3.63) is 0 Å². The Morgan fingerprint density at radius 2 is 2.44 bits per heavy atom. The summed E-state index contributed by atoms with van der Waals surface area (Å²) < 4.78 is 11.2. The molecule has 92 valence electrons. The molecule has 1 aliphatic carbocycles. The second-order valence-corrected chi connectivity index (χ2v) is 7.52. The normalized spacial score (nSPS) is 35.5. The SMILES string of the molecule is CC(CN=C1NC2CCCC2CS1)S(C)=O. The lowest BCUT2D eigenvalue weighted by Gasteiger charge is -2.28. The standard InChI is InChI=1S/C11H20N2OS2/c1-8(16(2)14)6-12-11-13-10-5-3-4-9(10)7-15-11/h8-10H,3-7H2,1-2H3,(H,12,13). The lowest BCUT2D eigenvalue weighted by Crippen LogP contribution is -2.41. The second kappa shape index (κ2) is 5.54. The molecule has 0 spiro atoms. The summed E-state index contributed by atoms with van der Waals surface area (Å²) in [6, 6.07) is 0.655. The van der Waals surface area contributed by atoms with Gasteiger partial charge in [0.1, 0.15) is 0 Å². The maximum atomic E-state index is 11.2. The quantitative estimate of drug-likeness (QED) is 0.838. The number of fused-ring (bicyclic) bond motifs is 1. The summed E-state index contributed by atoms with van der Waals surface area (Å²) in [6.07, 6.45) is 5.76. The highest BCUT2D eigenvalue weighted by atomic mass is 32.2. The summed E-state index contributed by atoms with van der Waals surface area (Å²) in [6.45, 7) is 2.67. The first-order chi connectivity index (χ1) is 7.66. The summed E-state index contributed by atoms with van der Waals surface area (Å²) in [5, 5.41) is 4.76. The highest BCUT2D eigenvalue weighted by Gasteiger charge is 2.31. The van der Waals surface area contributed by atoms with Crippen LogP contribution in [-0.2, 0) is 10.8 Å². The van der Waals surface area contributed by atoms with Crippen LogP contribution >= 0.6 is 11.8 Å². The largest absolute Gasteiger partial charge is 0.362 e. The van der Waals surface area contributed by atoms with Crippen LogP contribution in [0.25, 0.3) is 0 Å². The Balaban J connectivity index is 1.86. The maximum Gasteiger partial charge on any atom is 0.156 e. The molecule has 0 aromatic rings. The highest BCUT2D eigenvalue weighted by molar-refractivity contribution is 8.13. The number of hydrogen-bond acceptors (Lipinski definition) is 3. The van der Waals surface area contributed by atoms with Crippen molar-refractivity contribution in [3.8, 4) is 0 Å². The van der Waals surface area contributed by atoms with E-state index in [1.807, 2.05) is 18.7 Å². The van der Waals surface area contributed by atoms with Gasteiger partial charge in [0.25, 0.3) is 0 Å². The van der Waals surface area contributed by atoms with Crippen LogP contribution in [0.15, 0.2) is 4.99 Å². The van der Waals surface area contributed by atoms with Crippen molar-refractivity contribution in [3.63, 3.8) is 0 Å². The molecular formula is C11H20N2OS2. The lowest BCUT2D eigenvalue weighted by atomic mass is 10.1. The monoisotopic (exact) mass is 260 g/mol. The van der Waals surface area contributed by atoms with Gasteiger partial charge in [-0.15, -0.1) is 0 Å². The zero-order valence-corrected chi connectivity index (χ0v) is 11.6. The molecule has 4 atom stereocenters. The molecule has 2 rings (SSSR count). The number of nitrogens with one attached hydrogen (secondary N) is 1. The summed E-state index contributed by atoms with van der Waals surface area (Å²) >= 11 is 1.83. The van der Waals surface area contributed by atoms with Crippen LogP contribution in [0.4, 0.5) is 0 Å². The van der Waals surface area contributed by atoms with E-state index in [1.54, 1.807) is 6.26 Å². The molecule has 5 heteroatoms. The minimum atomic E-state index is -0.764. The molecule has 4 unspecified atom stereocenters. The average molecular weight is 260 g/mol. The van der Waals surface area contributed by atoms with E-state index < -0.39 is 10.8 Å². The Bertz CT molecular complexity index is 306. The fourth-order valence-corrected chi connectivity index (χ4v) is 3.68. The van der Waals surface area contributed by atoms with E-state index >= 15 is 0 Å². The lowest BCUT2D eigenvalue weighted by molar-refractivity contribution is 0.489. The fourth-order valence-electron chi connectivity index (χ4n) is 2.22. The summed E-state index contributed by atoms with van der Waals surface area (Å²) in [5.74, 6) is 2.06. The smallest absolute Gasteiger partial charge is 0.156 e. The van der Waals surface area contributed by atoms with Gasteiger partial charge in [0.2, 0.25) is 0 Å². The van der Waals surface area contributed by atoms with Gasteiger partial charge >= 0.3 is 0 Å². The molecule has 1 N–H and O–H groups in total. The molecule has 0 radical (unpaired) electrons. The first kappa shape index (κ1) is 12.4. The third-order valence-electron chi connectivity index (χ3n) is 3.46. The number of nitrogens with zero attached hydrogens (tertiary/aromatic N) is 1. The molecule has 2 fully saturated rings. The first-order valence-electron chi connectivity index (χ1n) is 5.93. The van der Waals surface area contributed by atoms with Crippen molar-refractivity contribution in [2.75, 3.05) is 18.6 Å². The number of thioether (sulfide) groups is 1. The van der Waals surface area contributed by atoms with E-state index in [9.17, 15) is 4.21 Å². The molecule has 0 aromatic heterocycles. The van der Waals surface area contributed by atoms with Crippen LogP contribution in [0, 0.1) is 5.92 Å². The third-order valence-corrected chi connectivity index (χ3v) is 5.86. The van der Waals surface area contributed by atoms with Gasteiger partial charge in [-0.1, -0.05) is 18.2 Å². The molecule has 3 nitrogen and oxygen atoms in total. The average Bonchev–Trinajstić information content (AvgIpc) is 2.72. The van der Waals surface area contributed by atoms with Crippen molar-refractivity contribution in [2.45, 2.75) is 37.5 Å². The van der Waals surface area contributed by atoms with Gasteiger partial charge in [-0.25, -0.2) is 0 Å². The Labute approximate surface area is 104 Å². The maximum absolute atomic E-state index is 11.2. The van der Waals surface area contributed by atoms with E-state index in [2.05, 4.69) is 10.3 Å². The molecule has 1 heterocycles. The first-order valence-corrected chi connectivity index (χ1v) is 8.53. The highest BCUT2D eigenvalue weighted by Crippen LogP contribution is 2.32. The number of rotatable bonds is 3. The van der Waals surface area contributed by atoms with Gasteiger partial charge in [0.15, 0.2) is 5.17 Å². The molecular weight excluding hydrogens is 240 g/mol. The Morgan fingerprint density at radius 3 is 3.19 bits per heavy atom. The van der Waals surface area contributed by atoms with Crippen LogP contribution in [0.3, 0.4) is 0 Å². The Morgan fingerprint density at radius 1 is 1.62 bits per heavy atom. The summed E-state index contributed by atoms with van der Waals surface area (Å²) in [7, 11) is -0.764. The van der Waals surface area contributed by atoms with Gasteiger partial charge in [-0.3, -0.25) is 9.20 Å². The summed E-state index contributed by atoms with van der Waals surface area (Å²) in [5.41, 5.74) is 0. The zero-order chi connectivity index (χ0) is 11.5. The molecule has 1 saturated heterocycles. The van der Waals surface area contributed by atoms with E-state index in [0.717, 1.165) is 11.1 Å². The van der Waals surface area contributed by atoms with Gasteiger partial charge < -0.3 is 5.32 Å². The second-order valence-electron chi connectivity index (χ2n) is 4.71. The van der Waals surface area contributed by atoms with Gasteiger partial charge in [-0.05, 0) is 25.7 Å². The molecule has 2 aliphatic rings. The predicted molar refractivity (Wildman–Crippen MR) is 72.6 cm³/mol. The van der Waals surface area contributed by atoms with Crippen molar-refractivity contribution in [1.82, 2.24) is 5.32 Å². The third kappa shape index (κ3) is 3.00. The van der Waals surface area contributed by atoms with Crippen molar-refractivity contribution >= 4 is 27.7 Å². The zero-order valence-electron chi connectivity index (χ0n) is 9.94. The van der Waals surface area contributed by atoms with Crippen molar-refractivity contribution < 1.29 is 4.21 Å². The van der Waals surface area contributed by atoms with E-state index in [0.29, 0.717) is 12.6 Å². The minimum absolute atomic E-state index is 0.163. The van der Waals surface area contributed by atoms with Crippen molar-refractivity contribution in [1.29, 1.82) is 0 Å². The Hall–Kier alpha value is -0.0300. The predicted octanol–water partition coefficient (Wildman–Crippen LogP) is 1.61. The molecule has 0 bridgehead atoms. The number of amidine groups is 1. The number of hydrogen-bond donors (Lipinski definition) is 1. The molecule has 1 aliphatic heterocycles. The van der Waals surface area contributed by atoms with Crippen molar-refractivity contribution in [2.24, 2.45) is 10.9 Å². The number of aliphatic imine (C=N–C) groups is 1. The van der Waals surface area contributed by atoms with Crippen LogP contribution in [0.1, 0.15) is 26.2 Å². The summed E-state index contributed by atoms with van der Waals surface area (Å²) in [4.78, 5) is 4.54. The van der Waals surface area contributed by atoms with Crippen LogP contribution in [0.5, 0.6) is 0 Å². The van der Waals surface area contributed by atoms with Crippen LogP contribution < -0.4 is 5.32 Å². The molecule has 16 heavy (non-hydrogen) atoms. The van der Waals surface area contributed by atoms with Crippen LogP contribution in [0.2, 0.25) is 0 Å². The van der Waals surface area contributed by atoms with Gasteiger partial charge in [0, 0.05) is 28.9 Å². The minimum Gasteiger partial charge on any atom is -0.362 e. The van der Waals surface area contributed by atoms with Gasteiger partial charge in [0.05, 0.1) is 11.8 Å². The van der Waals surface area contributed by atoms with Gasteiger partial charge in [-0.2, -0.15) is 0 Å². The topological polar surface area (TPSA) is 41.5 Å². The fraction of sp³-hybridized carbons (Fsp3) is 0.909.